The summed E-state index contributed by atoms with van der Waals surface area (Å²) in [4.78, 5) is 26.7. The third-order valence-corrected chi connectivity index (χ3v) is 5.34. The Labute approximate surface area is 162 Å². The number of halogens is 1. The summed E-state index contributed by atoms with van der Waals surface area (Å²) in [5.41, 5.74) is 1.57. The number of hydrogen-bond donors (Lipinski definition) is 0. The van der Waals surface area contributed by atoms with Crippen molar-refractivity contribution in [2.24, 2.45) is 5.92 Å². The first kappa shape index (κ1) is 17.6. The quantitative estimate of drug-likeness (QED) is 0.487. The van der Waals surface area contributed by atoms with Gasteiger partial charge in [0.05, 0.1) is 5.92 Å². The molecule has 136 valence electrons. The molecule has 1 heterocycles. The number of esters is 1. The zero-order valence-electron chi connectivity index (χ0n) is 14.8. The van der Waals surface area contributed by atoms with Gasteiger partial charge in [-0.1, -0.05) is 48.0 Å². The van der Waals surface area contributed by atoms with Crippen LogP contribution in [0.4, 0.5) is 5.69 Å². The van der Waals surface area contributed by atoms with Gasteiger partial charge in [-0.2, -0.15) is 0 Å². The molecule has 27 heavy (non-hydrogen) atoms. The summed E-state index contributed by atoms with van der Waals surface area (Å²) in [5.74, 6) is -0.493. The van der Waals surface area contributed by atoms with Gasteiger partial charge in [-0.15, -0.1) is 0 Å². The van der Waals surface area contributed by atoms with Crippen molar-refractivity contribution in [2.45, 2.75) is 13.3 Å². The number of fused-ring (bicyclic) bond motifs is 1. The molecular formula is C22H18ClNO3. The molecule has 0 spiro atoms. The lowest BCUT2D eigenvalue weighted by Crippen LogP contribution is -2.27. The van der Waals surface area contributed by atoms with E-state index in [2.05, 4.69) is 0 Å². The van der Waals surface area contributed by atoms with Gasteiger partial charge in [0.2, 0.25) is 5.91 Å². The van der Waals surface area contributed by atoms with Crippen LogP contribution in [0.15, 0.2) is 60.7 Å². The second-order valence-electron chi connectivity index (χ2n) is 6.72. The Kier molecular flexibility index (Phi) is 4.58. The summed E-state index contributed by atoms with van der Waals surface area (Å²) in [5, 5.41) is 2.68. The fraction of sp³-hybridized carbons (Fsp3) is 0.182. The Bertz CT molecular complexity index is 1050. The first-order valence-electron chi connectivity index (χ1n) is 8.79. The monoisotopic (exact) mass is 379 g/mol. The van der Waals surface area contributed by atoms with E-state index in [4.69, 9.17) is 16.3 Å². The molecule has 0 aromatic heterocycles. The molecular weight excluding hydrogens is 362 g/mol. The molecule has 0 saturated carbocycles. The lowest BCUT2D eigenvalue weighted by Gasteiger charge is -2.19. The lowest BCUT2D eigenvalue weighted by atomic mass is 10.1. The van der Waals surface area contributed by atoms with Gasteiger partial charge in [-0.25, -0.2) is 0 Å². The highest BCUT2D eigenvalue weighted by Crippen LogP contribution is 2.32. The molecule has 0 N–H and O–H groups in total. The second kappa shape index (κ2) is 7.05. The van der Waals surface area contributed by atoms with E-state index in [1.807, 2.05) is 49.4 Å². The smallest absolute Gasteiger partial charge is 0.316 e. The molecule has 1 fully saturated rings. The number of carbonyl (C=O) groups excluding carboxylic acids is 2. The van der Waals surface area contributed by atoms with E-state index in [-0.39, 0.29) is 18.3 Å². The summed E-state index contributed by atoms with van der Waals surface area (Å²) in [6, 6.07) is 18.8. The third kappa shape index (κ3) is 3.40. The number of carbonyl (C=O) groups is 2. The Morgan fingerprint density at radius 3 is 2.67 bits per heavy atom. The predicted molar refractivity (Wildman–Crippen MR) is 106 cm³/mol. The van der Waals surface area contributed by atoms with Crippen LogP contribution in [-0.2, 0) is 9.59 Å². The fourth-order valence-corrected chi connectivity index (χ4v) is 3.59. The minimum absolute atomic E-state index is 0.0965. The zero-order valence-corrected chi connectivity index (χ0v) is 15.6. The lowest BCUT2D eigenvalue weighted by molar-refractivity contribution is -0.139. The van der Waals surface area contributed by atoms with Gasteiger partial charge >= 0.3 is 5.97 Å². The van der Waals surface area contributed by atoms with Crippen molar-refractivity contribution in [1.29, 1.82) is 0 Å². The molecule has 4 rings (SSSR count). The predicted octanol–water partition coefficient (Wildman–Crippen LogP) is 4.76. The van der Waals surface area contributed by atoms with Crippen molar-refractivity contribution < 1.29 is 14.3 Å². The average molecular weight is 380 g/mol. The Balaban J connectivity index is 1.51. The molecule has 1 aliphatic rings. The van der Waals surface area contributed by atoms with Gasteiger partial charge in [0.15, 0.2) is 0 Å². The third-order valence-electron chi connectivity index (χ3n) is 4.93. The van der Waals surface area contributed by atoms with Crippen LogP contribution in [0.2, 0.25) is 5.02 Å². The normalized spacial score (nSPS) is 16.7. The zero-order chi connectivity index (χ0) is 19.0. The van der Waals surface area contributed by atoms with E-state index in [9.17, 15) is 9.59 Å². The molecule has 3 aromatic carbocycles. The van der Waals surface area contributed by atoms with E-state index in [0.29, 0.717) is 17.3 Å². The van der Waals surface area contributed by atoms with Crippen LogP contribution in [-0.4, -0.2) is 18.4 Å². The van der Waals surface area contributed by atoms with E-state index >= 15 is 0 Å². The number of ether oxygens (including phenoxy) is 1. The molecule has 1 atom stereocenters. The molecule has 3 aromatic rings. The Morgan fingerprint density at radius 2 is 1.85 bits per heavy atom. The topological polar surface area (TPSA) is 46.6 Å². The maximum Gasteiger partial charge on any atom is 0.316 e. The van der Waals surface area contributed by atoms with E-state index in [0.717, 1.165) is 22.0 Å². The molecule has 1 amide bonds. The average Bonchev–Trinajstić information content (AvgIpc) is 3.05. The van der Waals surface area contributed by atoms with Crippen molar-refractivity contribution in [3.05, 3.63) is 71.2 Å². The SMILES string of the molecule is Cc1c(Cl)cccc1N1C[C@H](C(=O)Oc2ccc3ccccc3c2)CC1=O. The van der Waals surface area contributed by atoms with Gasteiger partial charge in [-0.3, -0.25) is 9.59 Å². The first-order chi connectivity index (χ1) is 13.0. The van der Waals surface area contributed by atoms with Crippen molar-refractivity contribution in [1.82, 2.24) is 0 Å². The maximum atomic E-state index is 12.6. The molecule has 5 heteroatoms. The Morgan fingerprint density at radius 1 is 1.07 bits per heavy atom. The number of benzene rings is 3. The summed E-state index contributed by atoms with van der Waals surface area (Å²) in [6.45, 7) is 2.16. The summed E-state index contributed by atoms with van der Waals surface area (Å²) in [7, 11) is 0. The standard InChI is InChI=1S/C22H18ClNO3/c1-14-19(23)7-4-8-20(14)24-13-17(12-21(24)25)22(26)27-18-10-9-15-5-2-3-6-16(15)11-18/h2-11,17H,12-13H2,1H3/t17-/m1/s1. The van der Waals surface area contributed by atoms with E-state index in [1.165, 1.54) is 0 Å². The highest BCUT2D eigenvalue weighted by atomic mass is 35.5. The largest absolute Gasteiger partial charge is 0.426 e. The van der Waals surface area contributed by atoms with Gasteiger partial charge in [0, 0.05) is 23.7 Å². The van der Waals surface area contributed by atoms with Gasteiger partial charge < -0.3 is 9.64 Å². The van der Waals surface area contributed by atoms with Crippen molar-refractivity contribution in [3.63, 3.8) is 0 Å². The van der Waals surface area contributed by atoms with Crippen LogP contribution in [0, 0.1) is 12.8 Å². The number of anilines is 1. The number of hydrogen-bond acceptors (Lipinski definition) is 3. The van der Waals surface area contributed by atoms with E-state index < -0.39 is 5.92 Å². The summed E-state index contributed by atoms with van der Waals surface area (Å²) < 4.78 is 5.55. The van der Waals surface area contributed by atoms with Crippen LogP contribution in [0.25, 0.3) is 10.8 Å². The summed E-state index contributed by atoms with van der Waals surface area (Å²) in [6.07, 6.45) is 0.137. The van der Waals surface area contributed by atoms with E-state index in [1.54, 1.807) is 23.1 Å². The fourth-order valence-electron chi connectivity index (χ4n) is 3.42. The molecule has 0 unspecified atom stereocenters. The molecule has 4 nitrogen and oxygen atoms in total. The molecule has 0 aliphatic carbocycles. The van der Waals surface area contributed by atoms with Crippen molar-refractivity contribution >= 4 is 39.9 Å². The number of rotatable bonds is 3. The van der Waals surface area contributed by atoms with Gasteiger partial charge in [-0.05, 0) is 47.5 Å². The van der Waals surface area contributed by atoms with Crippen LogP contribution in [0.5, 0.6) is 5.75 Å². The van der Waals surface area contributed by atoms with Crippen LogP contribution >= 0.6 is 11.6 Å². The highest BCUT2D eigenvalue weighted by Gasteiger charge is 2.37. The highest BCUT2D eigenvalue weighted by molar-refractivity contribution is 6.31. The van der Waals surface area contributed by atoms with Crippen molar-refractivity contribution in [2.75, 3.05) is 11.4 Å². The number of amides is 1. The molecule has 0 bridgehead atoms. The molecule has 1 aliphatic heterocycles. The number of nitrogens with zero attached hydrogens (tertiary/aromatic N) is 1. The van der Waals surface area contributed by atoms with Crippen LogP contribution < -0.4 is 9.64 Å². The minimum Gasteiger partial charge on any atom is -0.426 e. The summed E-state index contributed by atoms with van der Waals surface area (Å²) >= 11 is 6.16. The van der Waals surface area contributed by atoms with Crippen LogP contribution in [0.3, 0.4) is 0 Å². The molecule has 1 saturated heterocycles. The van der Waals surface area contributed by atoms with Crippen LogP contribution in [0.1, 0.15) is 12.0 Å². The first-order valence-corrected chi connectivity index (χ1v) is 9.17. The second-order valence-corrected chi connectivity index (χ2v) is 7.13. The molecule has 0 radical (unpaired) electrons. The van der Waals surface area contributed by atoms with Gasteiger partial charge in [0.1, 0.15) is 5.75 Å². The van der Waals surface area contributed by atoms with Gasteiger partial charge in [0.25, 0.3) is 0 Å². The minimum atomic E-state index is -0.498. The maximum absolute atomic E-state index is 12.6. The Hall–Kier alpha value is -2.85. The van der Waals surface area contributed by atoms with Crippen molar-refractivity contribution in [3.8, 4) is 5.75 Å².